The zero-order valence-electron chi connectivity index (χ0n) is 8.33. The van der Waals surface area contributed by atoms with Crippen LogP contribution in [0.15, 0.2) is 18.2 Å². The highest BCUT2D eigenvalue weighted by Gasteiger charge is 2.25. The second-order valence-corrected chi connectivity index (χ2v) is 3.53. The van der Waals surface area contributed by atoms with Crippen molar-refractivity contribution in [3.8, 4) is 5.75 Å². The lowest BCUT2D eigenvalue weighted by Gasteiger charge is -2.23. The standard InChI is InChI=1S/C11H13NO2/c1-7-6-12-10-8(11(7)13)4-3-5-9(10)14-2/h3-5,7,12H,6H2,1-2H3. The molecule has 0 aromatic heterocycles. The molecule has 1 aromatic rings. The van der Waals surface area contributed by atoms with Gasteiger partial charge in [0.1, 0.15) is 5.75 Å². The molecule has 1 aliphatic heterocycles. The molecule has 1 aliphatic rings. The second-order valence-electron chi connectivity index (χ2n) is 3.53. The third-order valence-electron chi connectivity index (χ3n) is 2.54. The monoisotopic (exact) mass is 191 g/mol. The predicted octanol–water partition coefficient (Wildman–Crippen LogP) is 1.94. The summed E-state index contributed by atoms with van der Waals surface area (Å²) >= 11 is 0. The van der Waals surface area contributed by atoms with Crippen LogP contribution in [0.2, 0.25) is 0 Å². The van der Waals surface area contributed by atoms with E-state index in [1.54, 1.807) is 7.11 Å². The molecule has 1 unspecified atom stereocenters. The van der Waals surface area contributed by atoms with Crippen molar-refractivity contribution in [2.75, 3.05) is 19.0 Å². The predicted molar refractivity (Wildman–Crippen MR) is 55.0 cm³/mol. The highest BCUT2D eigenvalue weighted by Crippen LogP contribution is 2.32. The normalized spacial score (nSPS) is 19.9. The molecule has 1 atom stereocenters. The SMILES string of the molecule is COc1cccc2c1NCC(C)C2=O. The van der Waals surface area contributed by atoms with Crippen molar-refractivity contribution in [2.45, 2.75) is 6.92 Å². The van der Waals surface area contributed by atoms with Crippen LogP contribution in [0.3, 0.4) is 0 Å². The van der Waals surface area contributed by atoms with Crippen molar-refractivity contribution in [1.29, 1.82) is 0 Å². The van der Waals surface area contributed by atoms with Crippen molar-refractivity contribution in [3.05, 3.63) is 23.8 Å². The fourth-order valence-electron chi connectivity index (χ4n) is 1.70. The number of rotatable bonds is 1. The Balaban J connectivity index is 2.52. The largest absolute Gasteiger partial charge is 0.495 e. The van der Waals surface area contributed by atoms with Crippen LogP contribution in [0.5, 0.6) is 5.75 Å². The van der Waals surface area contributed by atoms with E-state index in [-0.39, 0.29) is 11.7 Å². The number of Topliss-reactive ketones (excluding diaryl/α,β-unsaturated/α-hetero) is 1. The van der Waals surface area contributed by atoms with Crippen LogP contribution in [0, 0.1) is 5.92 Å². The van der Waals surface area contributed by atoms with Gasteiger partial charge in [0.05, 0.1) is 12.8 Å². The molecule has 0 spiro atoms. The van der Waals surface area contributed by atoms with Crippen LogP contribution in [0.1, 0.15) is 17.3 Å². The average Bonchev–Trinajstić information content (AvgIpc) is 2.23. The summed E-state index contributed by atoms with van der Waals surface area (Å²) in [5, 5.41) is 3.22. The molecule has 1 N–H and O–H groups in total. The third-order valence-corrected chi connectivity index (χ3v) is 2.54. The van der Waals surface area contributed by atoms with Gasteiger partial charge in [0.2, 0.25) is 0 Å². The van der Waals surface area contributed by atoms with E-state index in [0.29, 0.717) is 6.54 Å². The van der Waals surface area contributed by atoms with Gasteiger partial charge in [0.15, 0.2) is 5.78 Å². The average molecular weight is 191 g/mol. The third kappa shape index (κ3) is 1.25. The maximum atomic E-state index is 11.8. The van der Waals surface area contributed by atoms with E-state index in [1.807, 2.05) is 25.1 Å². The number of carbonyl (C=O) groups is 1. The first-order valence-corrected chi connectivity index (χ1v) is 4.69. The Bertz CT molecular complexity index is 374. The number of anilines is 1. The van der Waals surface area contributed by atoms with E-state index >= 15 is 0 Å². The van der Waals surface area contributed by atoms with Crippen molar-refractivity contribution in [1.82, 2.24) is 0 Å². The van der Waals surface area contributed by atoms with E-state index in [0.717, 1.165) is 17.0 Å². The minimum absolute atomic E-state index is 0.0506. The molecule has 0 bridgehead atoms. The summed E-state index contributed by atoms with van der Waals surface area (Å²) in [6.07, 6.45) is 0. The molecule has 14 heavy (non-hydrogen) atoms. The minimum Gasteiger partial charge on any atom is -0.495 e. The number of hydrogen-bond acceptors (Lipinski definition) is 3. The van der Waals surface area contributed by atoms with Crippen LogP contribution >= 0.6 is 0 Å². The smallest absolute Gasteiger partial charge is 0.169 e. The highest BCUT2D eigenvalue weighted by atomic mass is 16.5. The van der Waals surface area contributed by atoms with Gasteiger partial charge in [-0.05, 0) is 12.1 Å². The molecule has 1 aromatic carbocycles. The summed E-state index contributed by atoms with van der Waals surface area (Å²) in [5.41, 5.74) is 1.57. The molecule has 0 amide bonds. The van der Waals surface area contributed by atoms with E-state index < -0.39 is 0 Å². The minimum atomic E-state index is 0.0506. The molecular formula is C11H13NO2. The summed E-state index contributed by atoms with van der Waals surface area (Å²) in [7, 11) is 1.61. The number of ether oxygens (including phenoxy) is 1. The number of nitrogens with one attached hydrogen (secondary N) is 1. The summed E-state index contributed by atoms with van der Waals surface area (Å²) in [5.74, 6) is 0.981. The Labute approximate surface area is 83.1 Å². The van der Waals surface area contributed by atoms with Crippen LogP contribution in [-0.2, 0) is 0 Å². The Hall–Kier alpha value is -1.51. The Morgan fingerprint density at radius 3 is 3.00 bits per heavy atom. The molecule has 0 radical (unpaired) electrons. The summed E-state index contributed by atoms with van der Waals surface area (Å²) in [6.45, 7) is 2.62. The van der Waals surface area contributed by atoms with Crippen LogP contribution in [-0.4, -0.2) is 19.4 Å². The van der Waals surface area contributed by atoms with E-state index in [1.165, 1.54) is 0 Å². The first-order chi connectivity index (χ1) is 6.74. The summed E-state index contributed by atoms with van der Waals surface area (Å²) in [6, 6.07) is 5.53. The van der Waals surface area contributed by atoms with Crippen molar-refractivity contribution in [3.63, 3.8) is 0 Å². The van der Waals surface area contributed by atoms with Crippen molar-refractivity contribution < 1.29 is 9.53 Å². The zero-order valence-corrected chi connectivity index (χ0v) is 8.33. The Morgan fingerprint density at radius 1 is 1.50 bits per heavy atom. The molecular weight excluding hydrogens is 178 g/mol. The van der Waals surface area contributed by atoms with E-state index in [9.17, 15) is 4.79 Å². The molecule has 3 heteroatoms. The number of para-hydroxylation sites is 1. The van der Waals surface area contributed by atoms with E-state index in [4.69, 9.17) is 4.74 Å². The summed E-state index contributed by atoms with van der Waals surface area (Å²) < 4.78 is 5.18. The van der Waals surface area contributed by atoms with Gasteiger partial charge in [0.25, 0.3) is 0 Å². The lowest BCUT2D eigenvalue weighted by atomic mass is 9.93. The van der Waals surface area contributed by atoms with Crippen LogP contribution in [0.4, 0.5) is 5.69 Å². The van der Waals surface area contributed by atoms with Gasteiger partial charge in [-0.2, -0.15) is 0 Å². The Kier molecular flexibility index (Phi) is 2.15. The Morgan fingerprint density at radius 2 is 2.29 bits per heavy atom. The van der Waals surface area contributed by atoms with Crippen LogP contribution in [0.25, 0.3) is 0 Å². The first-order valence-electron chi connectivity index (χ1n) is 4.69. The van der Waals surface area contributed by atoms with Gasteiger partial charge in [-0.3, -0.25) is 4.79 Å². The first kappa shape index (κ1) is 9.06. The van der Waals surface area contributed by atoms with E-state index in [2.05, 4.69) is 5.32 Å². The van der Waals surface area contributed by atoms with Crippen molar-refractivity contribution in [2.24, 2.45) is 5.92 Å². The molecule has 3 nitrogen and oxygen atoms in total. The summed E-state index contributed by atoms with van der Waals surface area (Å²) in [4.78, 5) is 11.8. The van der Waals surface area contributed by atoms with Gasteiger partial charge >= 0.3 is 0 Å². The van der Waals surface area contributed by atoms with Gasteiger partial charge in [-0.15, -0.1) is 0 Å². The lowest BCUT2D eigenvalue weighted by molar-refractivity contribution is 0.0931. The molecule has 0 saturated heterocycles. The number of benzene rings is 1. The fourth-order valence-corrected chi connectivity index (χ4v) is 1.70. The quantitative estimate of drug-likeness (QED) is 0.737. The molecule has 74 valence electrons. The van der Waals surface area contributed by atoms with Crippen LogP contribution < -0.4 is 10.1 Å². The van der Waals surface area contributed by atoms with Gasteiger partial charge < -0.3 is 10.1 Å². The molecule has 1 heterocycles. The zero-order chi connectivity index (χ0) is 10.1. The van der Waals surface area contributed by atoms with Crippen molar-refractivity contribution >= 4 is 11.5 Å². The number of fused-ring (bicyclic) bond motifs is 1. The number of methoxy groups -OCH3 is 1. The lowest BCUT2D eigenvalue weighted by Crippen LogP contribution is -2.27. The molecule has 0 aliphatic carbocycles. The van der Waals surface area contributed by atoms with Gasteiger partial charge in [0, 0.05) is 18.0 Å². The topological polar surface area (TPSA) is 38.3 Å². The number of ketones is 1. The maximum Gasteiger partial charge on any atom is 0.169 e. The molecule has 2 rings (SSSR count). The van der Waals surface area contributed by atoms with Gasteiger partial charge in [-0.1, -0.05) is 13.0 Å². The number of hydrogen-bond donors (Lipinski definition) is 1. The molecule has 0 fully saturated rings. The fraction of sp³-hybridized carbons (Fsp3) is 0.364. The second kappa shape index (κ2) is 3.33. The van der Waals surface area contributed by atoms with Gasteiger partial charge in [-0.25, -0.2) is 0 Å². The number of carbonyl (C=O) groups excluding carboxylic acids is 1. The molecule has 0 saturated carbocycles. The maximum absolute atomic E-state index is 11.8. The highest BCUT2D eigenvalue weighted by molar-refractivity contribution is 6.05.